The van der Waals surface area contributed by atoms with Gasteiger partial charge < -0.3 is 0 Å². The maximum absolute atomic E-state index is 12.9. The Bertz CT molecular complexity index is 1380. The van der Waals surface area contributed by atoms with Crippen LogP contribution in [0.4, 0.5) is 0 Å². The molecule has 0 radical (unpaired) electrons. The highest BCUT2D eigenvalue weighted by Gasteiger charge is 2.45. The minimum Gasteiger partial charge on any atom is -0.266 e. The molecule has 3 aliphatic rings. The lowest BCUT2D eigenvalue weighted by molar-refractivity contribution is 0.110. The molecule has 8 heteroatoms. The summed E-state index contributed by atoms with van der Waals surface area (Å²) in [6.07, 6.45) is 4.15. The van der Waals surface area contributed by atoms with Gasteiger partial charge in [-0.15, -0.1) is 0 Å². The minimum absolute atomic E-state index is 0.0747. The van der Waals surface area contributed by atoms with Crippen LogP contribution in [0.15, 0.2) is 94.7 Å². The molecule has 6 nitrogen and oxygen atoms in total. The Morgan fingerprint density at radius 2 is 0.944 bits per heavy atom. The lowest BCUT2D eigenvalue weighted by atomic mass is 9.60. The molecule has 3 aliphatic carbocycles. The largest absolute Gasteiger partial charge is 0.296 e. The van der Waals surface area contributed by atoms with Crippen molar-refractivity contribution >= 4 is 20.2 Å². The molecule has 3 aromatic rings. The number of aryl methyl sites for hydroxylation is 2. The van der Waals surface area contributed by atoms with Crippen LogP contribution < -0.4 is 0 Å². The van der Waals surface area contributed by atoms with Crippen LogP contribution in [0.3, 0.4) is 0 Å². The highest BCUT2D eigenvalue weighted by Crippen LogP contribution is 2.52. The zero-order valence-corrected chi connectivity index (χ0v) is 21.7. The van der Waals surface area contributed by atoms with Gasteiger partial charge in [0.25, 0.3) is 20.2 Å². The molecule has 4 atom stereocenters. The predicted octanol–water partition coefficient (Wildman–Crippen LogP) is 5.10. The molecule has 0 amide bonds. The molecular formula is C28H28O6S2. The lowest BCUT2D eigenvalue weighted by Gasteiger charge is -2.45. The minimum atomic E-state index is -3.97. The predicted molar refractivity (Wildman–Crippen MR) is 137 cm³/mol. The SMILES string of the molecule is Cc1ccc(S(=O)(=O)OCC2C3C=CC(c4ccccc43)C2COS(=O)(=O)c2ccc(C)cc2)cc1. The van der Waals surface area contributed by atoms with Crippen LogP contribution in [-0.4, -0.2) is 30.0 Å². The molecule has 188 valence electrons. The molecule has 0 aromatic heterocycles. The summed E-state index contributed by atoms with van der Waals surface area (Å²) in [7, 11) is -7.94. The van der Waals surface area contributed by atoms with Crippen LogP contribution in [0, 0.1) is 25.7 Å². The van der Waals surface area contributed by atoms with E-state index in [1.165, 1.54) is 24.3 Å². The Labute approximate surface area is 212 Å². The van der Waals surface area contributed by atoms with Gasteiger partial charge in [0.1, 0.15) is 0 Å². The van der Waals surface area contributed by atoms with Gasteiger partial charge in [-0.1, -0.05) is 71.8 Å². The van der Waals surface area contributed by atoms with Gasteiger partial charge in [-0.05, 0) is 61.1 Å². The molecule has 2 bridgehead atoms. The Kier molecular flexibility index (Phi) is 6.63. The number of fused-ring (bicyclic) bond motifs is 1. The number of hydrogen-bond acceptors (Lipinski definition) is 6. The number of benzene rings is 3. The van der Waals surface area contributed by atoms with Crippen molar-refractivity contribution in [3.05, 3.63) is 107 Å². The maximum Gasteiger partial charge on any atom is 0.296 e. The van der Waals surface area contributed by atoms with E-state index in [4.69, 9.17) is 8.37 Å². The first-order valence-electron chi connectivity index (χ1n) is 11.8. The number of rotatable bonds is 8. The van der Waals surface area contributed by atoms with Gasteiger partial charge in [-0.3, -0.25) is 8.37 Å². The van der Waals surface area contributed by atoms with Crippen molar-refractivity contribution in [3.8, 4) is 0 Å². The third kappa shape index (κ3) is 4.78. The zero-order chi connectivity index (χ0) is 25.5. The van der Waals surface area contributed by atoms with E-state index < -0.39 is 20.2 Å². The van der Waals surface area contributed by atoms with Crippen molar-refractivity contribution in [1.29, 1.82) is 0 Å². The normalized spacial score (nSPS) is 22.9. The van der Waals surface area contributed by atoms with E-state index in [0.717, 1.165) is 22.3 Å². The first-order chi connectivity index (χ1) is 17.2. The van der Waals surface area contributed by atoms with E-state index >= 15 is 0 Å². The molecule has 6 rings (SSSR count). The average Bonchev–Trinajstić information content (AvgIpc) is 2.87. The van der Waals surface area contributed by atoms with Crippen LogP contribution in [0.2, 0.25) is 0 Å². The Morgan fingerprint density at radius 3 is 1.31 bits per heavy atom. The molecule has 36 heavy (non-hydrogen) atoms. The van der Waals surface area contributed by atoms with Crippen molar-refractivity contribution in [1.82, 2.24) is 0 Å². The van der Waals surface area contributed by atoms with Gasteiger partial charge in [0.15, 0.2) is 0 Å². The number of hydrogen-bond donors (Lipinski definition) is 0. The molecule has 0 aliphatic heterocycles. The van der Waals surface area contributed by atoms with Gasteiger partial charge >= 0.3 is 0 Å². The van der Waals surface area contributed by atoms with Crippen LogP contribution in [0.25, 0.3) is 0 Å². The topological polar surface area (TPSA) is 86.7 Å². The van der Waals surface area contributed by atoms with Gasteiger partial charge in [0.2, 0.25) is 0 Å². The van der Waals surface area contributed by atoms with E-state index in [0.29, 0.717) is 0 Å². The fourth-order valence-electron chi connectivity index (χ4n) is 5.18. The molecule has 0 saturated heterocycles. The van der Waals surface area contributed by atoms with Gasteiger partial charge in [0.05, 0.1) is 23.0 Å². The second-order valence-corrected chi connectivity index (χ2v) is 12.7. The second kappa shape index (κ2) is 9.59. The average molecular weight is 525 g/mol. The standard InChI is InChI=1S/C28H28O6S2/c1-19-7-11-21(12-8-19)35(29,30)33-17-27-25-15-16-26(24-6-4-3-5-23(24)25)28(27)18-34-36(31,32)22-13-9-20(2)10-14-22/h3-16,25-28H,17-18H2,1-2H3. The molecular weight excluding hydrogens is 496 g/mol. The summed E-state index contributed by atoms with van der Waals surface area (Å²) in [5.41, 5.74) is 4.13. The summed E-state index contributed by atoms with van der Waals surface area (Å²) >= 11 is 0. The summed E-state index contributed by atoms with van der Waals surface area (Å²) in [5, 5.41) is 0. The third-order valence-corrected chi connectivity index (χ3v) is 9.75. The van der Waals surface area contributed by atoms with E-state index in [-0.39, 0.29) is 46.7 Å². The van der Waals surface area contributed by atoms with Crippen molar-refractivity contribution in [2.45, 2.75) is 35.5 Å². The molecule has 4 unspecified atom stereocenters. The van der Waals surface area contributed by atoms with Crippen molar-refractivity contribution in [3.63, 3.8) is 0 Å². The van der Waals surface area contributed by atoms with Crippen LogP contribution >= 0.6 is 0 Å². The molecule has 0 N–H and O–H groups in total. The summed E-state index contributed by atoms with van der Waals surface area (Å²) in [4.78, 5) is 0.194. The Hall–Kier alpha value is -2.78. The summed E-state index contributed by atoms with van der Waals surface area (Å²) in [5.74, 6) is -0.753. The smallest absolute Gasteiger partial charge is 0.266 e. The van der Waals surface area contributed by atoms with Crippen molar-refractivity contribution in [2.75, 3.05) is 13.2 Å². The van der Waals surface area contributed by atoms with E-state index in [1.807, 2.05) is 38.1 Å². The first-order valence-corrected chi connectivity index (χ1v) is 14.7. The van der Waals surface area contributed by atoms with Gasteiger partial charge in [-0.2, -0.15) is 16.8 Å². The monoisotopic (exact) mass is 524 g/mol. The van der Waals surface area contributed by atoms with Crippen LogP contribution in [-0.2, 0) is 28.6 Å². The first kappa shape index (κ1) is 24.9. The van der Waals surface area contributed by atoms with E-state index in [1.54, 1.807) is 24.3 Å². The molecule has 3 aromatic carbocycles. The summed E-state index contributed by atoms with van der Waals surface area (Å²) < 4.78 is 62.7. The highest BCUT2D eigenvalue weighted by atomic mass is 32.2. The second-order valence-electron chi connectivity index (χ2n) is 9.50. The quantitative estimate of drug-likeness (QED) is 0.301. The van der Waals surface area contributed by atoms with Gasteiger partial charge in [-0.25, -0.2) is 0 Å². The maximum atomic E-state index is 12.9. The zero-order valence-electron chi connectivity index (χ0n) is 20.1. The molecule has 0 saturated carbocycles. The molecule has 0 heterocycles. The Morgan fingerprint density at radius 1 is 0.583 bits per heavy atom. The van der Waals surface area contributed by atoms with Gasteiger partial charge in [0, 0.05) is 11.8 Å². The van der Waals surface area contributed by atoms with Crippen molar-refractivity contribution in [2.24, 2.45) is 11.8 Å². The van der Waals surface area contributed by atoms with Crippen LogP contribution in [0.5, 0.6) is 0 Å². The number of allylic oxidation sites excluding steroid dienone is 2. The van der Waals surface area contributed by atoms with Crippen molar-refractivity contribution < 1.29 is 25.2 Å². The van der Waals surface area contributed by atoms with Crippen LogP contribution in [0.1, 0.15) is 34.1 Å². The third-order valence-electron chi connectivity index (χ3n) is 7.16. The molecule has 0 spiro atoms. The highest BCUT2D eigenvalue weighted by molar-refractivity contribution is 7.87. The van der Waals surface area contributed by atoms with E-state index in [2.05, 4.69) is 12.2 Å². The lowest BCUT2D eigenvalue weighted by Crippen LogP contribution is -2.41. The fraction of sp³-hybridized carbons (Fsp3) is 0.286. The van der Waals surface area contributed by atoms with E-state index in [9.17, 15) is 16.8 Å². The summed E-state index contributed by atoms with van der Waals surface area (Å²) in [6, 6.07) is 21.0. The fourth-order valence-corrected chi connectivity index (χ4v) is 7.06. The summed E-state index contributed by atoms with van der Waals surface area (Å²) in [6.45, 7) is 3.62. The molecule has 0 fully saturated rings. The Balaban J connectivity index is 1.41.